The number of hydrogen-bond donors (Lipinski definition) is 2. The van der Waals surface area contributed by atoms with Crippen LogP contribution in [-0.2, 0) is 6.54 Å². The summed E-state index contributed by atoms with van der Waals surface area (Å²) in [6.07, 6.45) is 2.78. The van der Waals surface area contributed by atoms with Crippen molar-refractivity contribution in [1.29, 1.82) is 0 Å². The van der Waals surface area contributed by atoms with Crippen LogP contribution in [0.25, 0.3) is 11.1 Å². The molecule has 1 aromatic carbocycles. The summed E-state index contributed by atoms with van der Waals surface area (Å²) in [5.74, 6) is -0.00788. The van der Waals surface area contributed by atoms with Crippen molar-refractivity contribution >= 4 is 11.1 Å². The molecule has 0 saturated heterocycles. The molecule has 0 spiro atoms. The van der Waals surface area contributed by atoms with E-state index in [0.29, 0.717) is 17.6 Å². The molecule has 17 heavy (non-hydrogen) atoms. The Kier molecular flexibility index (Phi) is 2.08. The van der Waals surface area contributed by atoms with Gasteiger partial charge >= 0.3 is 0 Å². The Labute approximate surface area is 97.3 Å². The van der Waals surface area contributed by atoms with Crippen LogP contribution in [0.5, 0.6) is 11.5 Å². The third kappa shape index (κ3) is 1.54. The molecule has 2 N–H and O–H groups in total. The van der Waals surface area contributed by atoms with Gasteiger partial charge < -0.3 is 19.2 Å². The van der Waals surface area contributed by atoms with Crippen LogP contribution in [-0.4, -0.2) is 14.8 Å². The van der Waals surface area contributed by atoms with E-state index in [1.807, 2.05) is 30.3 Å². The number of furan rings is 1. The Balaban J connectivity index is 2.07. The summed E-state index contributed by atoms with van der Waals surface area (Å²) in [4.78, 5) is 0. The third-order valence-electron chi connectivity index (χ3n) is 2.74. The van der Waals surface area contributed by atoms with Crippen molar-refractivity contribution in [3.63, 3.8) is 0 Å². The van der Waals surface area contributed by atoms with E-state index in [0.717, 1.165) is 5.56 Å². The zero-order chi connectivity index (χ0) is 11.8. The van der Waals surface area contributed by atoms with Gasteiger partial charge in [-0.15, -0.1) is 0 Å². The maximum atomic E-state index is 9.70. The lowest BCUT2D eigenvalue weighted by molar-refractivity contribution is 0.451. The Morgan fingerprint density at radius 2 is 1.82 bits per heavy atom. The first-order chi connectivity index (χ1) is 8.25. The van der Waals surface area contributed by atoms with E-state index in [1.165, 1.54) is 6.26 Å². The lowest BCUT2D eigenvalue weighted by atomic mass is 10.2. The Hall–Kier alpha value is -2.36. The van der Waals surface area contributed by atoms with E-state index in [1.54, 1.807) is 10.8 Å². The molecule has 0 unspecified atom stereocenters. The second-order valence-electron chi connectivity index (χ2n) is 3.93. The molecule has 0 bridgehead atoms. The van der Waals surface area contributed by atoms with E-state index in [2.05, 4.69) is 0 Å². The number of aromatic hydroxyl groups is 2. The first-order valence-electron chi connectivity index (χ1n) is 5.28. The minimum absolute atomic E-state index is 0.0298. The number of rotatable bonds is 2. The Bertz CT molecular complexity index is 652. The lowest BCUT2D eigenvalue weighted by Gasteiger charge is -2.02. The average Bonchev–Trinajstić information content (AvgIpc) is 2.84. The smallest absolute Gasteiger partial charge is 0.214 e. The van der Waals surface area contributed by atoms with Crippen molar-refractivity contribution in [2.45, 2.75) is 6.54 Å². The van der Waals surface area contributed by atoms with Crippen molar-refractivity contribution < 1.29 is 14.6 Å². The van der Waals surface area contributed by atoms with Crippen molar-refractivity contribution in [2.24, 2.45) is 0 Å². The number of aromatic nitrogens is 1. The maximum absolute atomic E-state index is 9.70. The summed E-state index contributed by atoms with van der Waals surface area (Å²) in [6.45, 7) is 0.588. The minimum atomic E-state index is -0.0377. The molecule has 0 aliphatic heterocycles. The van der Waals surface area contributed by atoms with Crippen LogP contribution in [0.15, 0.2) is 47.2 Å². The molecule has 2 heterocycles. The molecule has 0 atom stereocenters. The summed E-state index contributed by atoms with van der Waals surface area (Å²) >= 11 is 0. The van der Waals surface area contributed by atoms with Gasteiger partial charge in [-0.1, -0.05) is 30.3 Å². The second kappa shape index (κ2) is 3.59. The summed E-state index contributed by atoms with van der Waals surface area (Å²) in [5, 5.41) is 19.6. The van der Waals surface area contributed by atoms with Crippen LogP contribution >= 0.6 is 0 Å². The predicted molar refractivity (Wildman–Crippen MR) is 63.1 cm³/mol. The molecular weight excluding hydrogens is 218 g/mol. The van der Waals surface area contributed by atoms with Crippen LogP contribution in [0, 0.1) is 0 Å². The predicted octanol–water partition coefficient (Wildman–Crippen LogP) is 2.69. The number of fused-ring (bicyclic) bond motifs is 1. The van der Waals surface area contributed by atoms with Gasteiger partial charge in [0.15, 0.2) is 5.75 Å². The van der Waals surface area contributed by atoms with Crippen molar-refractivity contribution in [2.75, 3.05) is 0 Å². The molecule has 0 saturated carbocycles. The summed E-state index contributed by atoms with van der Waals surface area (Å²) in [6, 6.07) is 9.84. The van der Waals surface area contributed by atoms with E-state index >= 15 is 0 Å². The normalized spacial score (nSPS) is 11.1. The van der Waals surface area contributed by atoms with Gasteiger partial charge in [0, 0.05) is 0 Å². The van der Waals surface area contributed by atoms with E-state index in [-0.39, 0.29) is 11.5 Å². The van der Waals surface area contributed by atoms with Gasteiger partial charge in [-0.2, -0.15) is 0 Å². The topological polar surface area (TPSA) is 58.5 Å². The largest absolute Gasteiger partial charge is 0.505 e. The number of hydrogen-bond acceptors (Lipinski definition) is 3. The maximum Gasteiger partial charge on any atom is 0.214 e. The second-order valence-corrected chi connectivity index (χ2v) is 3.93. The molecule has 3 aromatic rings. The molecule has 3 rings (SSSR count). The fourth-order valence-corrected chi connectivity index (χ4v) is 1.96. The molecule has 0 aliphatic rings. The molecule has 0 amide bonds. The summed E-state index contributed by atoms with van der Waals surface area (Å²) < 4.78 is 6.99. The molecule has 0 radical (unpaired) electrons. The molecule has 0 fully saturated rings. The highest BCUT2D eigenvalue weighted by molar-refractivity contribution is 5.88. The first kappa shape index (κ1) is 9.84. The van der Waals surface area contributed by atoms with Crippen LogP contribution in [0.3, 0.4) is 0 Å². The van der Waals surface area contributed by atoms with Gasteiger partial charge in [-0.05, 0) is 5.56 Å². The van der Waals surface area contributed by atoms with E-state index in [9.17, 15) is 10.2 Å². The Morgan fingerprint density at radius 3 is 2.59 bits per heavy atom. The highest BCUT2D eigenvalue weighted by Gasteiger charge is 2.15. The van der Waals surface area contributed by atoms with Crippen molar-refractivity contribution in [3.8, 4) is 11.5 Å². The minimum Gasteiger partial charge on any atom is -0.505 e. The van der Waals surface area contributed by atoms with Crippen LogP contribution < -0.4 is 0 Å². The first-order valence-corrected chi connectivity index (χ1v) is 5.28. The van der Waals surface area contributed by atoms with E-state index < -0.39 is 0 Å². The number of benzene rings is 1. The van der Waals surface area contributed by atoms with Gasteiger partial charge in [0.25, 0.3) is 0 Å². The quantitative estimate of drug-likeness (QED) is 0.710. The fraction of sp³-hybridized carbons (Fsp3) is 0.0769. The zero-order valence-corrected chi connectivity index (χ0v) is 9.00. The van der Waals surface area contributed by atoms with Gasteiger partial charge in [0.1, 0.15) is 17.4 Å². The number of nitrogens with zero attached hydrogens (tertiary/aromatic N) is 1. The lowest BCUT2D eigenvalue weighted by Crippen LogP contribution is -1.96. The van der Waals surface area contributed by atoms with Crippen molar-refractivity contribution in [1.82, 2.24) is 4.57 Å². The van der Waals surface area contributed by atoms with E-state index in [4.69, 9.17) is 4.42 Å². The highest BCUT2D eigenvalue weighted by Crippen LogP contribution is 2.36. The molecule has 4 heteroatoms. The summed E-state index contributed by atoms with van der Waals surface area (Å²) in [7, 11) is 0. The van der Waals surface area contributed by atoms with Crippen LogP contribution in [0.2, 0.25) is 0 Å². The zero-order valence-electron chi connectivity index (χ0n) is 9.00. The van der Waals surface area contributed by atoms with Gasteiger partial charge in [0.05, 0.1) is 12.7 Å². The fourth-order valence-electron chi connectivity index (χ4n) is 1.96. The average molecular weight is 229 g/mol. The molecular formula is C13H11NO3. The summed E-state index contributed by atoms with van der Waals surface area (Å²) in [5.41, 5.74) is 1.57. The Morgan fingerprint density at radius 1 is 1.06 bits per heavy atom. The molecule has 0 aliphatic carbocycles. The third-order valence-corrected chi connectivity index (χ3v) is 2.74. The van der Waals surface area contributed by atoms with Crippen LogP contribution in [0.1, 0.15) is 5.56 Å². The van der Waals surface area contributed by atoms with Gasteiger partial charge in [-0.25, -0.2) is 0 Å². The standard InChI is InChI=1S/C13H11NO3/c15-10-7-14(6-9-4-2-1-3-5-9)13-12(10)11(16)8-17-13/h1-5,7-8,15-16H,6H2. The molecule has 4 nitrogen and oxygen atoms in total. The monoisotopic (exact) mass is 229 g/mol. The highest BCUT2D eigenvalue weighted by atomic mass is 16.4. The van der Waals surface area contributed by atoms with Crippen molar-refractivity contribution in [3.05, 3.63) is 48.4 Å². The SMILES string of the molecule is Oc1coc2c1c(O)cn2Cc1ccccc1. The van der Waals surface area contributed by atoms with Crippen LogP contribution in [0.4, 0.5) is 0 Å². The van der Waals surface area contributed by atoms with Gasteiger partial charge in [-0.3, -0.25) is 0 Å². The van der Waals surface area contributed by atoms with Gasteiger partial charge in [0.2, 0.25) is 5.71 Å². The molecule has 86 valence electrons. The molecule has 2 aromatic heterocycles.